The van der Waals surface area contributed by atoms with Crippen LogP contribution in [0.15, 0.2) is 42.5 Å². The van der Waals surface area contributed by atoms with E-state index < -0.39 is 5.97 Å². The molecular weight excluding hydrogens is 391 g/mol. The SMILES string of the molecule is Nc1nc(COC(=O)c2ccc(Cl)c(N)c2)nc(Nc2ccc(Cl)cc2)n1. The van der Waals surface area contributed by atoms with Gasteiger partial charge in [-0.15, -0.1) is 0 Å². The molecule has 0 spiro atoms. The van der Waals surface area contributed by atoms with Crippen LogP contribution in [0.25, 0.3) is 0 Å². The number of carbonyl (C=O) groups excluding carboxylic acids is 1. The zero-order chi connectivity index (χ0) is 19.4. The van der Waals surface area contributed by atoms with Gasteiger partial charge in [0.2, 0.25) is 11.9 Å². The fraction of sp³-hybridized carbons (Fsp3) is 0.0588. The maximum Gasteiger partial charge on any atom is 0.338 e. The normalized spacial score (nSPS) is 10.4. The van der Waals surface area contributed by atoms with Crippen molar-refractivity contribution in [2.24, 2.45) is 0 Å². The van der Waals surface area contributed by atoms with Crippen LogP contribution < -0.4 is 16.8 Å². The maximum absolute atomic E-state index is 12.1. The fourth-order valence-corrected chi connectivity index (χ4v) is 2.35. The van der Waals surface area contributed by atoms with E-state index in [1.807, 2.05) is 0 Å². The van der Waals surface area contributed by atoms with Gasteiger partial charge in [0.15, 0.2) is 12.4 Å². The van der Waals surface area contributed by atoms with Gasteiger partial charge in [0, 0.05) is 10.7 Å². The Kier molecular flexibility index (Phi) is 5.58. The van der Waals surface area contributed by atoms with Crippen molar-refractivity contribution >= 4 is 52.4 Å². The van der Waals surface area contributed by atoms with Gasteiger partial charge in [0.05, 0.1) is 16.3 Å². The minimum Gasteiger partial charge on any atom is -0.454 e. The van der Waals surface area contributed by atoms with Crippen LogP contribution in [0.4, 0.5) is 23.3 Å². The molecule has 0 bridgehead atoms. The van der Waals surface area contributed by atoms with E-state index in [1.165, 1.54) is 18.2 Å². The predicted octanol–water partition coefficient (Wildman–Crippen LogP) is 3.44. The van der Waals surface area contributed by atoms with Crippen molar-refractivity contribution in [3.8, 4) is 0 Å². The predicted molar refractivity (Wildman–Crippen MR) is 104 cm³/mol. The number of carbonyl (C=O) groups is 1. The quantitative estimate of drug-likeness (QED) is 0.435. The molecule has 1 heterocycles. The van der Waals surface area contributed by atoms with Crippen LogP contribution >= 0.6 is 23.2 Å². The smallest absolute Gasteiger partial charge is 0.338 e. The van der Waals surface area contributed by atoms with Crippen LogP contribution in [0.2, 0.25) is 10.0 Å². The molecule has 5 N–H and O–H groups in total. The monoisotopic (exact) mass is 404 g/mol. The van der Waals surface area contributed by atoms with E-state index in [9.17, 15) is 4.79 Å². The Bertz CT molecular complexity index is 982. The zero-order valence-electron chi connectivity index (χ0n) is 13.8. The van der Waals surface area contributed by atoms with Gasteiger partial charge >= 0.3 is 5.97 Å². The first-order valence-corrected chi connectivity index (χ1v) is 8.41. The number of rotatable bonds is 5. The van der Waals surface area contributed by atoms with Crippen molar-refractivity contribution in [1.82, 2.24) is 15.0 Å². The van der Waals surface area contributed by atoms with Crippen LogP contribution in [-0.4, -0.2) is 20.9 Å². The highest BCUT2D eigenvalue weighted by Gasteiger charge is 2.12. The largest absolute Gasteiger partial charge is 0.454 e. The van der Waals surface area contributed by atoms with Gasteiger partial charge in [-0.1, -0.05) is 23.2 Å². The molecule has 0 amide bonds. The first-order chi connectivity index (χ1) is 12.9. The number of anilines is 4. The average molecular weight is 405 g/mol. The Hall–Kier alpha value is -3.10. The van der Waals surface area contributed by atoms with E-state index >= 15 is 0 Å². The number of benzene rings is 2. The van der Waals surface area contributed by atoms with E-state index in [0.29, 0.717) is 15.7 Å². The topological polar surface area (TPSA) is 129 Å². The minimum absolute atomic E-state index is 0.0109. The summed E-state index contributed by atoms with van der Waals surface area (Å²) in [6, 6.07) is 11.4. The third-order valence-corrected chi connectivity index (χ3v) is 3.96. The number of halogens is 2. The van der Waals surface area contributed by atoms with Crippen molar-refractivity contribution in [3.63, 3.8) is 0 Å². The summed E-state index contributed by atoms with van der Waals surface area (Å²) in [5, 5.41) is 3.93. The van der Waals surface area contributed by atoms with Gasteiger partial charge in [-0.3, -0.25) is 0 Å². The minimum atomic E-state index is -0.593. The van der Waals surface area contributed by atoms with Gasteiger partial charge in [-0.05, 0) is 42.5 Å². The summed E-state index contributed by atoms with van der Waals surface area (Å²) in [6.07, 6.45) is 0. The average Bonchev–Trinajstić information content (AvgIpc) is 2.63. The van der Waals surface area contributed by atoms with E-state index in [4.69, 9.17) is 39.4 Å². The summed E-state index contributed by atoms with van der Waals surface area (Å²) in [6.45, 7) is -0.191. The number of nitrogen functional groups attached to an aromatic ring is 2. The van der Waals surface area contributed by atoms with Crippen molar-refractivity contribution in [2.45, 2.75) is 6.61 Å². The van der Waals surface area contributed by atoms with E-state index in [2.05, 4.69) is 20.3 Å². The molecule has 0 aliphatic carbocycles. The number of nitrogens with two attached hydrogens (primary N) is 2. The molecule has 0 saturated heterocycles. The maximum atomic E-state index is 12.1. The number of nitrogens with one attached hydrogen (secondary N) is 1. The fourth-order valence-electron chi connectivity index (χ4n) is 2.10. The van der Waals surface area contributed by atoms with E-state index in [1.54, 1.807) is 24.3 Å². The summed E-state index contributed by atoms with van der Waals surface area (Å²) in [5.41, 5.74) is 12.6. The first-order valence-electron chi connectivity index (χ1n) is 7.66. The summed E-state index contributed by atoms with van der Waals surface area (Å²) < 4.78 is 5.19. The Labute approximate surface area is 164 Å². The van der Waals surface area contributed by atoms with Crippen molar-refractivity contribution in [2.75, 3.05) is 16.8 Å². The second kappa shape index (κ2) is 8.07. The second-order valence-corrected chi connectivity index (χ2v) is 6.22. The lowest BCUT2D eigenvalue weighted by Crippen LogP contribution is -2.11. The Balaban J connectivity index is 1.69. The molecule has 0 saturated carbocycles. The van der Waals surface area contributed by atoms with E-state index in [0.717, 1.165) is 0 Å². The summed E-state index contributed by atoms with van der Waals surface area (Å²) in [7, 11) is 0. The van der Waals surface area contributed by atoms with Gasteiger partial charge in [-0.2, -0.15) is 15.0 Å². The lowest BCUT2D eigenvalue weighted by molar-refractivity contribution is 0.0462. The van der Waals surface area contributed by atoms with Crippen LogP contribution in [0.1, 0.15) is 16.2 Å². The number of aromatic nitrogens is 3. The van der Waals surface area contributed by atoms with Crippen LogP contribution in [0, 0.1) is 0 Å². The van der Waals surface area contributed by atoms with Gasteiger partial charge in [0.25, 0.3) is 0 Å². The lowest BCUT2D eigenvalue weighted by atomic mass is 10.2. The molecule has 0 radical (unpaired) electrons. The molecule has 1 aromatic heterocycles. The summed E-state index contributed by atoms with van der Waals surface area (Å²) in [5.74, 6) is -0.200. The molecule has 2 aromatic carbocycles. The molecule has 0 atom stereocenters. The molecule has 8 nitrogen and oxygen atoms in total. The highest BCUT2D eigenvalue weighted by molar-refractivity contribution is 6.33. The molecule has 10 heteroatoms. The molecule has 0 unspecified atom stereocenters. The summed E-state index contributed by atoms with van der Waals surface area (Å²) in [4.78, 5) is 24.3. The van der Waals surface area contributed by atoms with Crippen LogP contribution in [-0.2, 0) is 11.3 Å². The van der Waals surface area contributed by atoms with Gasteiger partial charge in [-0.25, -0.2) is 4.79 Å². The molecule has 0 fully saturated rings. The van der Waals surface area contributed by atoms with Gasteiger partial charge < -0.3 is 21.5 Å². The first kappa shape index (κ1) is 18.7. The third-order valence-electron chi connectivity index (χ3n) is 3.36. The van der Waals surface area contributed by atoms with Crippen molar-refractivity contribution in [1.29, 1.82) is 0 Å². The molecule has 27 heavy (non-hydrogen) atoms. The van der Waals surface area contributed by atoms with Crippen molar-refractivity contribution in [3.05, 3.63) is 63.9 Å². The third kappa shape index (κ3) is 4.96. The van der Waals surface area contributed by atoms with Gasteiger partial charge in [0.1, 0.15) is 0 Å². The second-order valence-electron chi connectivity index (χ2n) is 5.38. The van der Waals surface area contributed by atoms with Crippen LogP contribution in [0.3, 0.4) is 0 Å². The Morgan fingerprint density at radius 2 is 1.78 bits per heavy atom. The Morgan fingerprint density at radius 3 is 2.48 bits per heavy atom. The Morgan fingerprint density at radius 1 is 1.04 bits per heavy atom. The molecular formula is C17H14Cl2N6O2. The van der Waals surface area contributed by atoms with Crippen LogP contribution in [0.5, 0.6) is 0 Å². The standard InChI is InChI=1S/C17H14Cl2N6O2/c18-10-2-4-11(5-3-10)22-17-24-14(23-16(21)25-17)8-27-15(26)9-1-6-12(19)13(20)7-9/h1-7H,8,20H2,(H3,21,22,23,24,25). The molecule has 0 aliphatic heterocycles. The molecule has 0 aliphatic rings. The number of esters is 1. The number of hydrogen-bond donors (Lipinski definition) is 3. The number of ether oxygens (including phenoxy) is 1. The van der Waals surface area contributed by atoms with E-state index in [-0.39, 0.29) is 35.6 Å². The molecule has 138 valence electrons. The number of hydrogen-bond acceptors (Lipinski definition) is 8. The molecule has 3 aromatic rings. The zero-order valence-corrected chi connectivity index (χ0v) is 15.3. The van der Waals surface area contributed by atoms with Crippen molar-refractivity contribution < 1.29 is 9.53 Å². The summed E-state index contributed by atoms with van der Waals surface area (Å²) >= 11 is 11.7. The highest BCUT2D eigenvalue weighted by atomic mass is 35.5. The highest BCUT2D eigenvalue weighted by Crippen LogP contribution is 2.20. The number of nitrogens with zero attached hydrogens (tertiary/aromatic N) is 3. The lowest BCUT2D eigenvalue weighted by Gasteiger charge is -2.08. The molecule has 3 rings (SSSR count).